The molecule has 0 radical (unpaired) electrons. The molecule has 1 fully saturated rings. The van der Waals surface area contributed by atoms with Crippen LogP contribution in [0.4, 0.5) is 5.69 Å². The van der Waals surface area contributed by atoms with Crippen molar-refractivity contribution in [3.8, 4) is 5.69 Å². The number of nitrogens with one attached hydrogen (secondary N) is 1. The van der Waals surface area contributed by atoms with Crippen molar-refractivity contribution in [2.24, 2.45) is 11.8 Å². The van der Waals surface area contributed by atoms with E-state index < -0.39 is 4.92 Å². The summed E-state index contributed by atoms with van der Waals surface area (Å²) >= 11 is 0. The first-order valence-corrected chi connectivity index (χ1v) is 8.56. The number of nitro groups is 1. The maximum absolute atomic E-state index is 12.5. The van der Waals surface area contributed by atoms with Crippen molar-refractivity contribution in [2.75, 3.05) is 0 Å². The molecule has 2 atom stereocenters. The van der Waals surface area contributed by atoms with Crippen LogP contribution in [0.15, 0.2) is 36.7 Å². The number of amides is 1. The first kappa shape index (κ1) is 17.1. The summed E-state index contributed by atoms with van der Waals surface area (Å²) in [4.78, 5) is 22.8. The van der Waals surface area contributed by atoms with E-state index in [1.165, 1.54) is 24.8 Å². The number of hydrogen-bond acceptors (Lipinski definition) is 4. The van der Waals surface area contributed by atoms with Gasteiger partial charge in [0.2, 0.25) is 0 Å². The highest BCUT2D eigenvalue weighted by Gasteiger charge is 2.29. The van der Waals surface area contributed by atoms with E-state index in [0.717, 1.165) is 12.8 Å². The second-order valence-electron chi connectivity index (χ2n) is 6.83. The van der Waals surface area contributed by atoms with E-state index in [4.69, 9.17) is 0 Å². The number of non-ortho nitro benzene ring substituents is 1. The number of rotatable bonds is 4. The molecule has 0 spiro atoms. The number of benzene rings is 1. The van der Waals surface area contributed by atoms with Gasteiger partial charge in [-0.1, -0.05) is 20.3 Å². The Hall–Kier alpha value is -2.70. The summed E-state index contributed by atoms with van der Waals surface area (Å²) in [6.07, 6.45) is 6.66. The van der Waals surface area contributed by atoms with Gasteiger partial charge in [-0.05, 0) is 36.8 Å². The average molecular weight is 342 g/mol. The average Bonchev–Trinajstić information content (AvgIpc) is 3.08. The van der Waals surface area contributed by atoms with Crippen molar-refractivity contribution < 1.29 is 9.72 Å². The molecule has 2 aromatic rings. The molecule has 1 aromatic carbocycles. The Morgan fingerprint density at radius 2 is 1.88 bits per heavy atom. The molecule has 0 saturated heterocycles. The molecular weight excluding hydrogens is 320 g/mol. The number of nitrogens with zero attached hydrogens (tertiary/aromatic N) is 3. The summed E-state index contributed by atoms with van der Waals surface area (Å²) in [5.74, 6) is 0.814. The molecule has 132 valence electrons. The number of carbonyl (C=O) groups is 1. The molecule has 1 aromatic heterocycles. The normalized spacial score (nSPS) is 23.2. The summed E-state index contributed by atoms with van der Waals surface area (Å²) in [6.45, 7) is 4.36. The Labute approximate surface area is 146 Å². The van der Waals surface area contributed by atoms with Crippen molar-refractivity contribution >= 4 is 11.6 Å². The Kier molecular flexibility index (Phi) is 4.83. The quantitative estimate of drug-likeness (QED) is 0.681. The first-order valence-electron chi connectivity index (χ1n) is 8.56. The van der Waals surface area contributed by atoms with E-state index in [1.807, 2.05) is 0 Å². The van der Waals surface area contributed by atoms with Crippen molar-refractivity contribution in [1.82, 2.24) is 15.1 Å². The molecule has 2 unspecified atom stereocenters. The second-order valence-corrected chi connectivity index (χ2v) is 6.83. The van der Waals surface area contributed by atoms with Gasteiger partial charge in [0.05, 0.1) is 22.4 Å². The second kappa shape index (κ2) is 7.04. The molecular formula is C18H22N4O3. The fraction of sp³-hybridized carbons (Fsp3) is 0.444. The van der Waals surface area contributed by atoms with Crippen LogP contribution in [0, 0.1) is 22.0 Å². The molecule has 3 rings (SSSR count). The monoisotopic (exact) mass is 342 g/mol. The van der Waals surface area contributed by atoms with E-state index in [0.29, 0.717) is 23.1 Å². The summed E-state index contributed by atoms with van der Waals surface area (Å²) < 4.78 is 1.55. The van der Waals surface area contributed by atoms with Gasteiger partial charge in [-0.2, -0.15) is 5.10 Å². The maximum Gasteiger partial charge on any atom is 0.269 e. The molecule has 25 heavy (non-hydrogen) atoms. The lowest BCUT2D eigenvalue weighted by Gasteiger charge is -2.35. The van der Waals surface area contributed by atoms with Crippen molar-refractivity contribution in [3.05, 3.63) is 52.3 Å². The standard InChI is InChI=1S/C18H22N4O3/c1-12-4-3-5-13(2)17(12)20-18(23)14-10-19-21(11-14)15-6-8-16(9-7-15)22(24)25/h6-13,17H,3-5H2,1-2H3,(H,20,23). The van der Waals surface area contributed by atoms with Gasteiger partial charge in [-0.15, -0.1) is 0 Å². The minimum Gasteiger partial charge on any atom is -0.349 e. The van der Waals surface area contributed by atoms with Crippen LogP contribution in [0.1, 0.15) is 43.5 Å². The van der Waals surface area contributed by atoms with Gasteiger partial charge in [0, 0.05) is 24.4 Å². The predicted octanol–water partition coefficient (Wildman–Crippen LogP) is 3.34. The number of nitro benzene ring substituents is 1. The zero-order valence-corrected chi connectivity index (χ0v) is 14.4. The topological polar surface area (TPSA) is 90.1 Å². The number of aromatic nitrogens is 2. The molecule has 7 nitrogen and oxygen atoms in total. The summed E-state index contributed by atoms with van der Waals surface area (Å²) in [5.41, 5.74) is 1.18. The third kappa shape index (κ3) is 3.70. The van der Waals surface area contributed by atoms with Crippen LogP contribution in [0.2, 0.25) is 0 Å². The van der Waals surface area contributed by atoms with Crippen LogP contribution < -0.4 is 5.32 Å². The lowest BCUT2D eigenvalue weighted by molar-refractivity contribution is -0.384. The smallest absolute Gasteiger partial charge is 0.269 e. The van der Waals surface area contributed by atoms with Gasteiger partial charge >= 0.3 is 0 Å². The van der Waals surface area contributed by atoms with Gasteiger partial charge in [0.25, 0.3) is 11.6 Å². The fourth-order valence-corrected chi connectivity index (χ4v) is 3.51. The van der Waals surface area contributed by atoms with Gasteiger partial charge in [-0.25, -0.2) is 4.68 Å². The summed E-state index contributed by atoms with van der Waals surface area (Å²) in [5, 5.41) is 18.1. The molecule has 0 aliphatic heterocycles. The van der Waals surface area contributed by atoms with Crippen LogP contribution in [0.25, 0.3) is 5.69 Å². The Balaban J connectivity index is 1.72. The summed E-state index contributed by atoms with van der Waals surface area (Å²) in [6, 6.07) is 6.24. The molecule has 1 heterocycles. The highest BCUT2D eigenvalue weighted by atomic mass is 16.6. The van der Waals surface area contributed by atoms with E-state index in [1.54, 1.807) is 23.0 Å². The highest BCUT2D eigenvalue weighted by Crippen LogP contribution is 2.29. The SMILES string of the molecule is CC1CCCC(C)C1NC(=O)c1cnn(-c2ccc([N+](=O)[O-])cc2)c1. The molecule has 1 N–H and O–H groups in total. The van der Waals surface area contributed by atoms with Crippen LogP contribution in [0.3, 0.4) is 0 Å². The Bertz CT molecular complexity index is 759. The minimum absolute atomic E-state index is 0.0224. The number of carbonyl (C=O) groups excluding carboxylic acids is 1. The predicted molar refractivity (Wildman–Crippen MR) is 93.7 cm³/mol. The van der Waals surface area contributed by atoms with Crippen molar-refractivity contribution in [3.63, 3.8) is 0 Å². The maximum atomic E-state index is 12.5. The third-order valence-electron chi connectivity index (χ3n) is 5.01. The molecule has 1 aliphatic rings. The lowest BCUT2D eigenvalue weighted by Crippen LogP contribution is -2.45. The first-order chi connectivity index (χ1) is 12.0. The van der Waals surface area contributed by atoms with E-state index in [9.17, 15) is 14.9 Å². The summed E-state index contributed by atoms with van der Waals surface area (Å²) in [7, 11) is 0. The minimum atomic E-state index is -0.446. The van der Waals surface area contributed by atoms with Crippen molar-refractivity contribution in [1.29, 1.82) is 0 Å². The largest absolute Gasteiger partial charge is 0.349 e. The Morgan fingerprint density at radius 1 is 1.24 bits per heavy atom. The zero-order chi connectivity index (χ0) is 18.0. The van der Waals surface area contributed by atoms with Gasteiger partial charge < -0.3 is 5.32 Å². The van der Waals surface area contributed by atoms with Gasteiger partial charge in [0.1, 0.15) is 0 Å². The lowest BCUT2D eigenvalue weighted by atomic mass is 9.78. The molecule has 7 heteroatoms. The van der Waals surface area contributed by atoms with Crippen LogP contribution in [0.5, 0.6) is 0 Å². The molecule has 1 saturated carbocycles. The Morgan fingerprint density at radius 3 is 2.48 bits per heavy atom. The van der Waals surface area contributed by atoms with Crippen LogP contribution in [-0.2, 0) is 0 Å². The third-order valence-corrected chi connectivity index (χ3v) is 5.01. The molecule has 1 aliphatic carbocycles. The van der Waals surface area contributed by atoms with E-state index in [-0.39, 0.29) is 17.6 Å². The fourth-order valence-electron chi connectivity index (χ4n) is 3.51. The van der Waals surface area contributed by atoms with Gasteiger partial charge in [-0.3, -0.25) is 14.9 Å². The van der Waals surface area contributed by atoms with Crippen LogP contribution >= 0.6 is 0 Å². The molecule has 0 bridgehead atoms. The number of hydrogen-bond donors (Lipinski definition) is 1. The van der Waals surface area contributed by atoms with E-state index in [2.05, 4.69) is 24.3 Å². The highest BCUT2D eigenvalue weighted by molar-refractivity contribution is 5.94. The zero-order valence-electron chi connectivity index (χ0n) is 14.4. The van der Waals surface area contributed by atoms with Crippen molar-refractivity contribution in [2.45, 2.75) is 39.2 Å². The molecule has 1 amide bonds. The van der Waals surface area contributed by atoms with Gasteiger partial charge in [0.15, 0.2) is 0 Å². The van der Waals surface area contributed by atoms with E-state index >= 15 is 0 Å². The van der Waals surface area contributed by atoms with Crippen LogP contribution in [-0.4, -0.2) is 26.7 Å².